The van der Waals surface area contributed by atoms with Crippen LogP contribution in [0.5, 0.6) is 0 Å². The first-order chi connectivity index (χ1) is 14.5. The van der Waals surface area contributed by atoms with E-state index in [0.29, 0.717) is 12.1 Å². The normalized spacial score (nSPS) is 14.1. The van der Waals surface area contributed by atoms with Gasteiger partial charge in [-0.1, -0.05) is 48.5 Å². The molecule has 0 saturated heterocycles. The predicted molar refractivity (Wildman–Crippen MR) is 116 cm³/mol. The molecule has 0 bridgehead atoms. The van der Waals surface area contributed by atoms with Gasteiger partial charge in [-0.25, -0.2) is 4.79 Å². The number of carbonyl (C=O) groups excluding carboxylic acids is 2. The van der Waals surface area contributed by atoms with E-state index in [-0.39, 0.29) is 5.91 Å². The minimum absolute atomic E-state index is 0.223. The third-order valence-corrected chi connectivity index (χ3v) is 5.64. The van der Waals surface area contributed by atoms with Gasteiger partial charge in [-0.3, -0.25) is 9.78 Å². The molecule has 0 spiro atoms. The molecule has 1 aliphatic rings. The SMILES string of the molecule is C[C@@H](OC(=O)c1c2c(nc3ccccc13)CCCC2)C(=O)N(C)Cc1ccccc1. The van der Waals surface area contributed by atoms with Gasteiger partial charge in [0.2, 0.25) is 0 Å². The average molecular weight is 402 g/mol. The van der Waals surface area contributed by atoms with Crippen molar-refractivity contribution in [2.24, 2.45) is 0 Å². The second-order valence-electron chi connectivity index (χ2n) is 7.86. The number of aromatic nitrogens is 1. The highest BCUT2D eigenvalue weighted by Gasteiger charge is 2.27. The van der Waals surface area contributed by atoms with E-state index in [0.717, 1.165) is 53.4 Å². The van der Waals surface area contributed by atoms with Crippen molar-refractivity contribution in [3.05, 3.63) is 77.0 Å². The van der Waals surface area contributed by atoms with Crippen LogP contribution in [0.15, 0.2) is 54.6 Å². The van der Waals surface area contributed by atoms with E-state index in [9.17, 15) is 9.59 Å². The Morgan fingerprint density at radius 3 is 2.53 bits per heavy atom. The Labute approximate surface area is 176 Å². The molecule has 154 valence electrons. The van der Waals surface area contributed by atoms with Crippen molar-refractivity contribution >= 4 is 22.8 Å². The lowest BCUT2D eigenvalue weighted by Gasteiger charge is -2.23. The van der Waals surface area contributed by atoms with E-state index in [1.54, 1.807) is 18.9 Å². The number of likely N-dealkylation sites (N-methyl/N-ethyl adjacent to an activating group) is 1. The molecule has 1 aromatic heterocycles. The number of hydrogen-bond donors (Lipinski definition) is 0. The van der Waals surface area contributed by atoms with Gasteiger partial charge in [0.1, 0.15) is 0 Å². The van der Waals surface area contributed by atoms with Crippen molar-refractivity contribution in [1.82, 2.24) is 9.88 Å². The van der Waals surface area contributed by atoms with E-state index in [4.69, 9.17) is 9.72 Å². The van der Waals surface area contributed by atoms with Crippen LogP contribution in [-0.4, -0.2) is 34.9 Å². The zero-order valence-electron chi connectivity index (χ0n) is 17.4. The second-order valence-corrected chi connectivity index (χ2v) is 7.86. The first-order valence-electron chi connectivity index (χ1n) is 10.4. The Morgan fingerprint density at radius 2 is 1.73 bits per heavy atom. The van der Waals surface area contributed by atoms with E-state index in [2.05, 4.69) is 0 Å². The van der Waals surface area contributed by atoms with Crippen LogP contribution in [0.25, 0.3) is 10.9 Å². The lowest BCUT2D eigenvalue weighted by atomic mass is 9.90. The number of para-hydroxylation sites is 1. The third kappa shape index (κ3) is 4.06. The Bertz CT molecular complexity index is 1080. The summed E-state index contributed by atoms with van der Waals surface area (Å²) >= 11 is 0. The van der Waals surface area contributed by atoms with Crippen LogP contribution in [0, 0.1) is 0 Å². The van der Waals surface area contributed by atoms with Crippen LogP contribution >= 0.6 is 0 Å². The van der Waals surface area contributed by atoms with Gasteiger partial charge in [0.15, 0.2) is 6.10 Å². The molecule has 1 amide bonds. The number of ether oxygens (including phenoxy) is 1. The lowest BCUT2D eigenvalue weighted by molar-refractivity contribution is -0.139. The minimum atomic E-state index is -0.864. The number of amides is 1. The van der Waals surface area contributed by atoms with Gasteiger partial charge in [-0.2, -0.15) is 0 Å². The fourth-order valence-electron chi connectivity index (χ4n) is 4.12. The summed E-state index contributed by atoms with van der Waals surface area (Å²) in [5.74, 6) is -0.667. The van der Waals surface area contributed by atoms with Crippen LogP contribution in [0.3, 0.4) is 0 Å². The molecule has 1 heterocycles. The Kier molecular flexibility index (Phi) is 5.79. The van der Waals surface area contributed by atoms with E-state index < -0.39 is 12.1 Å². The van der Waals surface area contributed by atoms with E-state index in [1.165, 1.54) is 0 Å². The highest BCUT2D eigenvalue weighted by molar-refractivity contribution is 6.05. The minimum Gasteiger partial charge on any atom is -0.449 e. The summed E-state index contributed by atoms with van der Waals surface area (Å²) in [6.45, 7) is 2.10. The van der Waals surface area contributed by atoms with Gasteiger partial charge in [0.05, 0.1) is 11.1 Å². The summed E-state index contributed by atoms with van der Waals surface area (Å²) in [7, 11) is 1.73. The topological polar surface area (TPSA) is 59.5 Å². The highest BCUT2D eigenvalue weighted by Crippen LogP contribution is 2.30. The molecule has 5 heteroatoms. The zero-order chi connectivity index (χ0) is 21.1. The molecule has 0 saturated carbocycles. The monoisotopic (exact) mass is 402 g/mol. The Morgan fingerprint density at radius 1 is 1.03 bits per heavy atom. The van der Waals surface area contributed by atoms with Gasteiger partial charge in [-0.05, 0) is 49.8 Å². The molecule has 4 rings (SSSR count). The van der Waals surface area contributed by atoms with Crippen molar-refractivity contribution < 1.29 is 14.3 Å². The number of fused-ring (bicyclic) bond motifs is 2. The molecular formula is C25H26N2O3. The summed E-state index contributed by atoms with van der Waals surface area (Å²) in [5.41, 5.74) is 4.35. The first kappa shape index (κ1) is 20.1. The van der Waals surface area contributed by atoms with Gasteiger partial charge >= 0.3 is 5.97 Å². The lowest BCUT2D eigenvalue weighted by Crippen LogP contribution is -2.37. The summed E-state index contributed by atoms with van der Waals surface area (Å²) in [6.07, 6.45) is 2.92. The number of hydrogen-bond acceptors (Lipinski definition) is 4. The number of nitrogens with zero attached hydrogens (tertiary/aromatic N) is 2. The smallest absolute Gasteiger partial charge is 0.339 e. The van der Waals surface area contributed by atoms with Crippen LogP contribution in [-0.2, 0) is 28.9 Å². The molecule has 3 aromatic rings. The fourth-order valence-corrected chi connectivity index (χ4v) is 4.12. The molecule has 1 atom stereocenters. The van der Waals surface area contributed by atoms with Gasteiger partial charge < -0.3 is 9.64 Å². The van der Waals surface area contributed by atoms with Gasteiger partial charge in [0, 0.05) is 24.7 Å². The van der Waals surface area contributed by atoms with E-state index >= 15 is 0 Å². The molecular weight excluding hydrogens is 376 g/mol. The Balaban J connectivity index is 1.56. The molecule has 5 nitrogen and oxygen atoms in total. The van der Waals surface area contributed by atoms with Crippen LogP contribution < -0.4 is 0 Å². The molecule has 0 fully saturated rings. The maximum Gasteiger partial charge on any atom is 0.339 e. The third-order valence-electron chi connectivity index (χ3n) is 5.64. The number of rotatable bonds is 5. The fraction of sp³-hybridized carbons (Fsp3) is 0.320. The molecule has 0 unspecified atom stereocenters. The largest absolute Gasteiger partial charge is 0.449 e. The second kappa shape index (κ2) is 8.66. The molecule has 0 radical (unpaired) electrons. The summed E-state index contributed by atoms with van der Waals surface area (Å²) in [6, 6.07) is 17.4. The van der Waals surface area contributed by atoms with Crippen LogP contribution in [0.4, 0.5) is 0 Å². The standard InChI is InChI=1S/C25H26N2O3/c1-17(24(28)27(2)16-18-10-4-3-5-11-18)30-25(29)23-19-12-6-8-14-21(19)26-22-15-9-7-13-20(22)23/h3-6,8,10-12,14,17H,7,9,13,15-16H2,1-2H3/t17-/m1/s1. The van der Waals surface area contributed by atoms with E-state index in [1.807, 2.05) is 54.6 Å². The summed E-state index contributed by atoms with van der Waals surface area (Å²) in [5, 5.41) is 0.792. The summed E-state index contributed by atoms with van der Waals surface area (Å²) in [4.78, 5) is 32.4. The number of esters is 1. The van der Waals surface area contributed by atoms with Crippen molar-refractivity contribution in [2.75, 3.05) is 7.05 Å². The number of aryl methyl sites for hydroxylation is 1. The predicted octanol–water partition coefficient (Wildman–Crippen LogP) is 4.32. The van der Waals surface area contributed by atoms with Crippen molar-refractivity contribution in [1.29, 1.82) is 0 Å². The molecule has 2 aromatic carbocycles. The van der Waals surface area contributed by atoms with Crippen molar-refractivity contribution in [2.45, 2.75) is 45.3 Å². The van der Waals surface area contributed by atoms with Crippen molar-refractivity contribution in [3.63, 3.8) is 0 Å². The van der Waals surface area contributed by atoms with Crippen LogP contribution in [0.1, 0.15) is 46.9 Å². The highest BCUT2D eigenvalue weighted by atomic mass is 16.5. The van der Waals surface area contributed by atoms with Gasteiger partial charge in [-0.15, -0.1) is 0 Å². The molecule has 1 aliphatic carbocycles. The zero-order valence-corrected chi connectivity index (χ0v) is 17.4. The average Bonchev–Trinajstić information content (AvgIpc) is 2.77. The van der Waals surface area contributed by atoms with Crippen molar-refractivity contribution in [3.8, 4) is 0 Å². The number of benzene rings is 2. The number of carbonyl (C=O) groups is 2. The Hall–Kier alpha value is -3.21. The number of pyridine rings is 1. The first-order valence-corrected chi connectivity index (χ1v) is 10.4. The maximum atomic E-state index is 13.2. The molecule has 30 heavy (non-hydrogen) atoms. The van der Waals surface area contributed by atoms with Crippen LogP contribution in [0.2, 0.25) is 0 Å². The summed E-state index contributed by atoms with van der Waals surface area (Å²) < 4.78 is 5.67. The van der Waals surface area contributed by atoms with Gasteiger partial charge in [0.25, 0.3) is 5.91 Å². The molecule has 0 N–H and O–H groups in total. The maximum absolute atomic E-state index is 13.2. The molecule has 0 aliphatic heterocycles. The quantitative estimate of drug-likeness (QED) is 0.597.